The Kier molecular flexibility index (Phi) is 4.22. The molecule has 3 aliphatic rings. The van der Waals surface area contributed by atoms with Crippen LogP contribution in [0.3, 0.4) is 0 Å². The predicted molar refractivity (Wildman–Crippen MR) is 107 cm³/mol. The first kappa shape index (κ1) is 17.8. The van der Waals surface area contributed by atoms with Crippen LogP contribution in [0.2, 0.25) is 5.02 Å². The van der Waals surface area contributed by atoms with Crippen molar-refractivity contribution in [1.29, 1.82) is 0 Å². The van der Waals surface area contributed by atoms with Crippen molar-refractivity contribution in [3.05, 3.63) is 64.4 Å². The highest BCUT2D eigenvalue weighted by molar-refractivity contribution is 6.30. The third kappa shape index (κ3) is 2.66. The van der Waals surface area contributed by atoms with E-state index in [0.29, 0.717) is 22.1 Å². The highest BCUT2D eigenvalue weighted by atomic mass is 35.5. The van der Waals surface area contributed by atoms with Crippen molar-refractivity contribution < 1.29 is 19.4 Å². The zero-order chi connectivity index (χ0) is 19.4. The minimum Gasteiger partial charge on any atom is -0.511 e. The summed E-state index contributed by atoms with van der Waals surface area (Å²) in [5, 5.41) is 11.6. The lowest BCUT2D eigenvalue weighted by molar-refractivity contribution is -0.118. The zero-order valence-corrected chi connectivity index (χ0v) is 16.3. The van der Waals surface area contributed by atoms with Crippen LogP contribution in [0.25, 0.3) is 5.57 Å². The summed E-state index contributed by atoms with van der Waals surface area (Å²) in [6, 6.07) is 12.9. The van der Waals surface area contributed by atoms with E-state index < -0.39 is 0 Å². The number of aliphatic hydroxyl groups is 1. The molecular weight excluding hydrogens is 376 g/mol. The van der Waals surface area contributed by atoms with Crippen molar-refractivity contribution in [3.63, 3.8) is 0 Å². The molecule has 0 aromatic heterocycles. The average molecular weight is 397 g/mol. The number of ether oxygens (including phenoxy) is 2. The average Bonchev–Trinajstić information content (AvgIpc) is 3.36. The van der Waals surface area contributed by atoms with Gasteiger partial charge in [0.05, 0.1) is 29.6 Å². The lowest BCUT2D eigenvalue weighted by Gasteiger charge is -2.19. The van der Waals surface area contributed by atoms with Crippen molar-refractivity contribution in [2.75, 3.05) is 0 Å². The predicted octanol–water partition coefficient (Wildman–Crippen LogP) is 5.34. The molecule has 0 radical (unpaired) electrons. The Morgan fingerprint density at radius 2 is 1.86 bits per heavy atom. The number of hydrogen-bond acceptors (Lipinski definition) is 4. The summed E-state index contributed by atoms with van der Waals surface area (Å²) in [6.07, 6.45) is 2.48. The van der Waals surface area contributed by atoms with E-state index in [0.717, 1.165) is 30.4 Å². The van der Waals surface area contributed by atoms with E-state index in [1.165, 1.54) is 0 Å². The molecule has 2 bridgehead atoms. The van der Waals surface area contributed by atoms with Crippen LogP contribution < -0.4 is 4.74 Å². The molecule has 0 amide bonds. The molecule has 2 unspecified atom stereocenters. The Balaban J connectivity index is 1.55. The normalized spacial score (nSPS) is 28.1. The van der Waals surface area contributed by atoms with Gasteiger partial charge < -0.3 is 14.6 Å². The smallest absolute Gasteiger partial charge is 0.173 e. The molecule has 5 rings (SSSR count). The van der Waals surface area contributed by atoms with E-state index in [4.69, 9.17) is 21.1 Å². The summed E-state index contributed by atoms with van der Waals surface area (Å²) in [4.78, 5) is 13.2. The van der Waals surface area contributed by atoms with E-state index >= 15 is 0 Å². The number of hydrogen-bond donors (Lipinski definition) is 1. The van der Waals surface area contributed by atoms with Crippen LogP contribution >= 0.6 is 11.6 Å². The standard InChI is InChI=1S/C23H21ClO4/c1-2-12-6-7-15(27-14-5-3-4-13(24)10-14)11-16(12)19-22(25)20-17-8-9-18(28-17)21(20)23(19)26/h3-7,10-11,17-18,20-21,25H,2,8-9H2,1H3/t17?,18?,20-,21+/m0/s1. The Morgan fingerprint density at radius 1 is 1.11 bits per heavy atom. The summed E-state index contributed by atoms with van der Waals surface area (Å²) in [7, 11) is 0. The second-order valence-corrected chi connectivity index (χ2v) is 8.13. The molecule has 2 saturated heterocycles. The molecule has 2 aromatic rings. The molecule has 2 aliphatic heterocycles. The Bertz CT molecular complexity index is 996. The quantitative estimate of drug-likeness (QED) is 0.757. The molecule has 2 heterocycles. The summed E-state index contributed by atoms with van der Waals surface area (Å²) in [6.45, 7) is 2.04. The molecular formula is C23H21ClO4. The highest BCUT2D eigenvalue weighted by Crippen LogP contribution is 2.54. The number of halogens is 1. The van der Waals surface area contributed by atoms with Gasteiger partial charge in [-0.25, -0.2) is 0 Å². The van der Waals surface area contributed by atoms with Crippen molar-refractivity contribution in [3.8, 4) is 11.5 Å². The monoisotopic (exact) mass is 396 g/mol. The van der Waals surface area contributed by atoms with Gasteiger partial charge in [-0.15, -0.1) is 0 Å². The van der Waals surface area contributed by atoms with Crippen molar-refractivity contribution >= 4 is 23.0 Å². The van der Waals surface area contributed by atoms with Crippen LogP contribution in [-0.4, -0.2) is 23.1 Å². The summed E-state index contributed by atoms with van der Waals surface area (Å²) < 4.78 is 11.8. The first-order chi connectivity index (χ1) is 13.6. The van der Waals surface area contributed by atoms with Crippen LogP contribution in [-0.2, 0) is 16.0 Å². The lowest BCUT2D eigenvalue weighted by atomic mass is 9.80. The van der Waals surface area contributed by atoms with Crippen LogP contribution in [0, 0.1) is 11.8 Å². The number of carbonyl (C=O) groups is 1. The molecule has 4 atom stereocenters. The molecule has 28 heavy (non-hydrogen) atoms. The third-order valence-corrected chi connectivity index (χ3v) is 6.39. The number of carbonyl (C=O) groups excluding carboxylic acids is 1. The van der Waals surface area contributed by atoms with Crippen molar-refractivity contribution in [2.24, 2.45) is 11.8 Å². The number of aryl methyl sites for hydroxylation is 1. The number of rotatable bonds is 4. The molecule has 1 N–H and O–H groups in total. The fourth-order valence-corrected chi connectivity index (χ4v) is 5.10. The van der Waals surface area contributed by atoms with E-state index in [1.54, 1.807) is 12.1 Å². The molecule has 144 valence electrons. The maximum atomic E-state index is 13.2. The number of Topliss-reactive ketones (excluding diaryl/α,β-unsaturated/α-hetero) is 1. The second kappa shape index (κ2) is 6.64. The van der Waals surface area contributed by atoms with Crippen molar-refractivity contribution in [2.45, 2.75) is 38.4 Å². The largest absolute Gasteiger partial charge is 0.511 e. The van der Waals surface area contributed by atoms with E-state index in [9.17, 15) is 9.90 Å². The first-order valence-corrected chi connectivity index (χ1v) is 10.1. The first-order valence-electron chi connectivity index (χ1n) is 9.76. The number of ketones is 1. The maximum absolute atomic E-state index is 13.2. The molecule has 0 saturated carbocycles. The van der Waals surface area contributed by atoms with Gasteiger partial charge in [0, 0.05) is 5.02 Å². The maximum Gasteiger partial charge on any atom is 0.173 e. The Morgan fingerprint density at radius 3 is 2.57 bits per heavy atom. The second-order valence-electron chi connectivity index (χ2n) is 7.70. The molecule has 1 aliphatic carbocycles. The van der Waals surface area contributed by atoms with Gasteiger partial charge in [-0.3, -0.25) is 4.79 Å². The SMILES string of the molecule is CCc1ccc(Oc2cccc(Cl)c2)cc1C1=C(O)[C@H]2C3CCC(O3)[C@H]2C1=O. The number of fused-ring (bicyclic) bond motifs is 5. The fourth-order valence-electron chi connectivity index (χ4n) is 4.92. The van der Waals surface area contributed by atoms with Gasteiger partial charge in [0.25, 0.3) is 0 Å². The molecule has 0 spiro atoms. The van der Waals surface area contributed by atoms with E-state index in [1.807, 2.05) is 37.3 Å². The van der Waals surface area contributed by atoms with Gasteiger partial charge in [-0.2, -0.15) is 0 Å². The minimum absolute atomic E-state index is 0.00399. The summed E-state index contributed by atoms with van der Waals surface area (Å²) in [5.74, 6) is 1.00. The third-order valence-electron chi connectivity index (χ3n) is 6.16. The lowest BCUT2D eigenvalue weighted by Crippen LogP contribution is -2.29. The van der Waals surface area contributed by atoms with Crippen LogP contribution in [0.5, 0.6) is 11.5 Å². The van der Waals surface area contributed by atoms with Gasteiger partial charge >= 0.3 is 0 Å². The zero-order valence-electron chi connectivity index (χ0n) is 15.5. The Hall–Kier alpha value is -2.30. The number of allylic oxidation sites excluding steroid dienone is 1. The van der Waals surface area contributed by atoms with Gasteiger partial charge in [-0.1, -0.05) is 30.7 Å². The minimum atomic E-state index is -0.240. The topological polar surface area (TPSA) is 55.8 Å². The van der Waals surface area contributed by atoms with Gasteiger partial charge in [0.15, 0.2) is 5.78 Å². The van der Waals surface area contributed by atoms with Crippen LogP contribution in [0.1, 0.15) is 30.9 Å². The molecule has 5 heteroatoms. The van der Waals surface area contributed by atoms with E-state index in [-0.39, 0.29) is 35.6 Å². The molecule has 2 fully saturated rings. The van der Waals surface area contributed by atoms with Gasteiger partial charge in [-0.05, 0) is 60.7 Å². The summed E-state index contributed by atoms with van der Waals surface area (Å²) in [5.41, 5.74) is 2.23. The number of benzene rings is 2. The molecule has 4 nitrogen and oxygen atoms in total. The van der Waals surface area contributed by atoms with Crippen molar-refractivity contribution in [1.82, 2.24) is 0 Å². The number of aliphatic hydroxyl groups excluding tert-OH is 1. The van der Waals surface area contributed by atoms with Crippen LogP contribution in [0.4, 0.5) is 0 Å². The van der Waals surface area contributed by atoms with E-state index in [2.05, 4.69) is 0 Å². The summed E-state index contributed by atoms with van der Waals surface area (Å²) >= 11 is 6.04. The fraction of sp³-hybridized carbons (Fsp3) is 0.348. The van der Waals surface area contributed by atoms with Gasteiger partial charge in [0.1, 0.15) is 17.3 Å². The Labute approximate surface area is 168 Å². The van der Waals surface area contributed by atoms with Crippen LogP contribution in [0.15, 0.2) is 48.2 Å². The highest BCUT2D eigenvalue weighted by Gasteiger charge is 2.59. The molecule has 2 aromatic carbocycles. The van der Waals surface area contributed by atoms with Gasteiger partial charge in [0.2, 0.25) is 0 Å².